The fourth-order valence-electron chi connectivity index (χ4n) is 20.3. The molecule has 11 heterocycles. The molecule has 29 aromatic rings. The van der Waals surface area contributed by atoms with E-state index in [4.69, 9.17) is 0 Å². The van der Waals surface area contributed by atoms with Gasteiger partial charge in [-0.15, -0.1) is 79.4 Å². The fraction of sp³-hybridized carbons (Fsp3) is 0. The van der Waals surface area contributed by atoms with Crippen LogP contribution in [0.1, 0.15) is 0 Å². The molecule has 0 aliphatic heterocycles. The summed E-state index contributed by atoms with van der Waals surface area (Å²) in [6.07, 6.45) is 0. The summed E-state index contributed by atoms with van der Waals surface area (Å²) in [5.74, 6) is 0. The summed E-state index contributed by atoms with van der Waals surface area (Å²) in [5.41, 5.74) is 22.4. The van der Waals surface area contributed by atoms with Gasteiger partial charge in [0.1, 0.15) is 0 Å². The van der Waals surface area contributed by atoms with Gasteiger partial charge < -0.3 is 18.3 Å². The molecule has 4 nitrogen and oxygen atoms in total. The highest BCUT2D eigenvalue weighted by Gasteiger charge is 2.25. The Morgan fingerprint density at radius 1 is 0.152 bits per heavy atom. The molecule has 0 fully saturated rings. The summed E-state index contributed by atoms with van der Waals surface area (Å²) in [6, 6.07) is 147. The second-order valence-corrected chi connectivity index (χ2v) is 40.4. The first-order chi connectivity index (χ1) is 62.0. The molecule has 0 atom stereocenters. The van der Waals surface area contributed by atoms with Gasteiger partial charge in [-0.1, -0.05) is 279 Å². The van der Waals surface area contributed by atoms with Gasteiger partial charge in [-0.25, -0.2) is 0 Å². The van der Waals surface area contributed by atoms with Gasteiger partial charge in [0.05, 0.1) is 66.6 Å². The van der Waals surface area contributed by atoms with E-state index in [0.717, 1.165) is 0 Å². The normalized spacial score (nSPS) is 12.2. The molecular formula is C114H66N4S7. The number of aromatic nitrogens is 4. The van der Waals surface area contributed by atoms with Crippen LogP contribution in [0.15, 0.2) is 400 Å². The van der Waals surface area contributed by atoms with E-state index in [1.165, 1.54) is 252 Å². The Labute approximate surface area is 743 Å². The van der Waals surface area contributed by atoms with Crippen LogP contribution in [0.5, 0.6) is 0 Å². The fourth-order valence-corrected chi connectivity index (χ4v) is 29.6. The molecule has 0 bridgehead atoms. The van der Waals surface area contributed by atoms with Crippen LogP contribution in [-0.2, 0) is 0 Å². The first kappa shape index (κ1) is 71.5. The van der Waals surface area contributed by atoms with E-state index in [0.29, 0.717) is 0 Å². The van der Waals surface area contributed by atoms with E-state index in [1.54, 1.807) is 0 Å². The molecule has 0 aliphatic rings. The summed E-state index contributed by atoms with van der Waals surface area (Å²) in [7, 11) is 0. The zero-order valence-electron chi connectivity index (χ0n) is 66.8. The van der Waals surface area contributed by atoms with Crippen LogP contribution in [0, 0.1) is 0 Å². The minimum atomic E-state index is 1.18. The number of hydrogen-bond acceptors (Lipinski definition) is 7. The largest absolute Gasteiger partial charge is 0.309 e. The minimum Gasteiger partial charge on any atom is -0.309 e. The molecule has 0 amide bonds. The molecule has 11 heteroatoms. The quantitative estimate of drug-likeness (QED) is 0.152. The van der Waals surface area contributed by atoms with Crippen LogP contribution in [0.25, 0.3) is 252 Å². The first-order valence-electron chi connectivity index (χ1n) is 42.2. The Balaban J connectivity index is 0.0000000977. The van der Waals surface area contributed by atoms with Crippen molar-refractivity contribution in [3.8, 4) is 56.1 Å². The van der Waals surface area contributed by atoms with E-state index in [-0.39, 0.29) is 0 Å². The SMILES string of the molecule is c1cc(-c2cccc(-n3c4ccccc4c4ccccc43)c2)cc(-c2cccc3c2sc2sc4ccccc4c23)c1.c1ccc2c(c1)sc1sc3c(-c4cccc5c4sc4ccc(-n6c7ccccc7c7ccccc76)cc45)cccc3c12.c1ccc2c(c1)sc1sc3c(-n4c5ccccc5c5cc(-n6c7ccccc7c7ccccc76)ccc54)cccc3c12. The Morgan fingerprint density at radius 2 is 0.456 bits per heavy atom. The molecule has 0 unspecified atom stereocenters. The van der Waals surface area contributed by atoms with Gasteiger partial charge in [-0.3, -0.25) is 0 Å². The number of hydrogen-bond donors (Lipinski definition) is 0. The van der Waals surface area contributed by atoms with Crippen molar-refractivity contribution >= 4 is 275 Å². The maximum Gasteiger partial charge on any atom is 0.0891 e. The molecule has 0 saturated heterocycles. The van der Waals surface area contributed by atoms with Crippen molar-refractivity contribution in [1.82, 2.24) is 18.3 Å². The maximum absolute atomic E-state index is 2.48. The summed E-state index contributed by atoms with van der Waals surface area (Å²) in [5, 5.41) is 25.3. The molecule has 18 aromatic carbocycles. The molecule has 0 N–H and O–H groups in total. The van der Waals surface area contributed by atoms with Gasteiger partial charge in [0.25, 0.3) is 0 Å². The summed E-state index contributed by atoms with van der Waals surface area (Å²) in [4.78, 5) is 0. The van der Waals surface area contributed by atoms with Crippen molar-refractivity contribution in [1.29, 1.82) is 0 Å². The third kappa shape index (κ3) is 11.0. The lowest BCUT2D eigenvalue weighted by Crippen LogP contribution is -1.96. The summed E-state index contributed by atoms with van der Waals surface area (Å²) >= 11 is 13.5. The second kappa shape index (κ2) is 28.2. The van der Waals surface area contributed by atoms with Gasteiger partial charge >= 0.3 is 0 Å². The standard InChI is InChI=1S/C38H22N2S2.C38H21NS3.C38H23NS2/c1-5-15-30-24(10-1)25-11-2-6-16-31(25)39(30)23-20-21-33-29(22-23)26-12-3-7-17-32(26)40(33)34-18-9-14-28-36-27-13-4-8-19-35(27)41-38(36)42-37(28)34;1-4-16-31-23(9-1)24-10-2-5-17-32(24)39(31)22-19-20-34-30(21-22)27-14-7-12-25(36(27)40-34)26-13-8-15-29-35-28-11-3-6-18-33(28)41-38(35)42-37(26)29;1-4-19-33-29(14-1)30-15-2-5-20-34(30)39(33)27-13-8-11-25(23-27)24-10-7-12-26(22-24)28-17-9-18-32-36-31-16-3-6-21-35(31)40-38(36)41-37(28)32/h1-22H;1-21H;1-23H. The molecule has 11 aromatic heterocycles. The lowest BCUT2D eigenvalue weighted by atomic mass is 9.97. The number of nitrogens with zero attached hydrogens (tertiary/aromatic N) is 4. The number of fused-ring (bicyclic) bond motifs is 30. The van der Waals surface area contributed by atoms with Crippen LogP contribution < -0.4 is 0 Å². The lowest BCUT2D eigenvalue weighted by molar-refractivity contribution is 1.17. The highest BCUT2D eigenvalue weighted by atomic mass is 32.2. The Bertz CT molecular complexity index is 9400. The van der Waals surface area contributed by atoms with Crippen LogP contribution >= 0.6 is 79.4 Å². The maximum atomic E-state index is 2.48. The Morgan fingerprint density at radius 3 is 0.936 bits per heavy atom. The van der Waals surface area contributed by atoms with Gasteiger partial charge in [0, 0.05) is 163 Å². The van der Waals surface area contributed by atoms with Crippen molar-refractivity contribution in [2.24, 2.45) is 0 Å². The molecule has 125 heavy (non-hydrogen) atoms. The van der Waals surface area contributed by atoms with Gasteiger partial charge in [-0.2, -0.15) is 0 Å². The third-order valence-corrected chi connectivity index (χ3v) is 34.3. The van der Waals surface area contributed by atoms with Gasteiger partial charge in [-0.05, 0) is 144 Å². The molecule has 0 radical (unpaired) electrons. The molecular weight excluding hydrogens is 1650 g/mol. The van der Waals surface area contributed by atoms with Gasteiger partial charge in [0.15, 0.2) is 0 Å². The summed E-state index contributed by atoms with van der Waals surface area (Å²) < 4.78 is 24.8. The molecule has 0 aliphatic carbocycles. The van der Waals surface area contributed by atoms with Crippen LogP contribution in [0.2, 0.25) is 0 Å². The first-order valence-corrected chi connectivity index (χ1v) is 47.9. The highest BCUT2D eigenvalue weighted by molar-refractivity contribution is 7.46. The number of benzene rings is 18. The van der Waals surface area contributed by atoms with Crippen LogP contribution in [-0.4, -0.2) is 18.3 Å². The van der Waals surface area contributed by atoms with Crippen molar-refractivity contribution in [2.45, 2.75) is 0 Å². The average Bonchev–Trinajstić information content (AvgIpc) is 1.56. The highest BCUT2D eigenvalue weighted by Crippen LogP contribution is 2.53. The predicted molar refractivity (Wildman–Crippen MR) is 551 cm³/mol. The smallest absolute Gasteiger partial charge is 0.0891 e. The topological polar surface area (TPSA) is 19.7 Å². The van der Waals surface area contributed by atoms with Crippen molar-refractivity contribution < 1.29 is 0 Å². The van der Waals surface area contributed by atoms with Crippen molar-refractivity contribution in [2.75, 3.05) is 0 Å². The van der Waals surface area contributed by atoms with E-state index in [2.05, 4.69) is 419 Å². The molecule has 0 spiro atoms. The van der Waals surface area contributed by atoms with E-state index in [9.17, 15) is 0 Å². The molecule has 584 valence electrons. The second-order valence-electron chi connectivity index (χ2n) is 32.4. The Hall–Kier alpha value is -14.1. The van der Waals surface area contributed by atoms with E-state index < -0.39 is 0 Å². The van der Waals surface area contributed by atoms with E-state index in [1.807, 2.05) is 79.4 Å². The number of thiophene rings is 7. The zero-order valence-corrected chi connectivity index (χ0v) is 72.5. The zero-order chi connectivity index (χ0) is 81.6. The molecule has 0 saturated carbocycles. The third-order valence-electron chi connectivity index (χ3n) is 25.6. The summed E-state index contributed by atoms with van der Waals surface area (Å²) in [6.45, 7) is 0. The van der Waals surface area contributed by atoms with Crippen LogP contribution in [0.4, 0.5) is 0 Å². The van der Waals surface area contributed by atoms with Crippen LogP contribution in [0.3, 0.4) is 0 Å². The van der Waals surface area contributed by atoms with Gasteiger partial charge in [0.2, 0.25) is 0 Å². The monoisotopic (exact) mass is 1710 g/mol. The average molecular weight is 1720 g/mol. The lowest BCUT2D eigenvalue weighted by Gasteiger charge is -2.11. The van der Waals surface area contributed by atoms with Crippen molar-refractivity contribution in [3.05, 3.63) is 400 Å². The Kier molecular flexibility index (Phi) is 16.1. The number of para-hydroxylation sites is 7. The van der Waals surface area contributed by atoms with Crippen molar-refractivity contribution in [3.63, 3.8) is 0 Å². The predicted octanol–water partition coefficient (Wildman–Crippen LogP) is 35.6. The van der Waals surface area contributed by atoms with E-state index >= 15 is 0 Å². The minimum absolute atomic E-state index is 1.18. The number of rotatable bonds is 7. The molecule has 29 rings (SSSR count).